The number of carbonyl (C=O) groups is 1. The normalized spacial score (nSPS) is 11.2. The van der Waals surface area contributed by atoms with Crippen molar-refractivity contribution in [3.05, 3.63) is 83.8 Å². The van der Waals surface area contributed by atoms with Gasteiger partial charge in [0.05, 0.1) is 23.4 Å². The van der Waals surface area contributed by atoms with Gasteiger partial charge >= 0.3 is 0 Å². The maximum Gasteiger partial charge on any atom is 0.264 e. The molecule has 28 heavy (non-hydrogen) atoms. The number of sulfonamides is 1. The van der Waals surface area contributed by atoms with Crippen LogP contribution >= 0.6 is 0 Å². The molecular weight excluding hydrogens is 376 g/mol. The zero-order chi connectivity index (χ0) is 20.1. The van der Waals surface area contributed by atoms with Gasteiger partial charge in [-0.1, -0.05) is 35.4 Å². The Morgan fingerprint density at radius 1 is 0.964 bits per heavy atom. The first kappa shape index (κ1) is 19.7. The van der Waals surface area contributed by atoms with Crippen molar-refractivity contribution in [3.8, 4) is 0 Å². The van der Waals surface area contributed by atoms with E-state index in [1.165, 1.54) is 6.26 Å². The fourth-order valence-electron chi connectivity index (χ4n) is 2.65. The van der Waals surface area contributed by atoms with Crippen LogP contribution in [0.25, 0.3) is 0 Å². The summed E-state index contributed by atoms with van der Waals surface area (Å²) in [5.41, 5.74) is 2.38. The Morgan fingerprint density at radius 2 is 1.57 bits per heavy atom. The number of hydrogen-bond donors (Lipinski definition) is 1. The van der Waals surface area contributed by atoms with E-state index in [1.807, 2.05) is 26.0 Å². The molecule has 0 aliphatic carbocycles. The Labute approximate surface area is 164 Å². The van der Waals surface area contributed by atoms with Gasteiger partial charge < -0.3 is 9.73 Å². The number of benzene rings is 2. The minimum atomic E-state index is -3.90. The lowest BCUT2D eigenvalue weighted by Gasteiger charge is -2.24. The number of hydrogen-bond acceptors (Lipinski definition) is 4. The summed E-state index contributed by atoms with van der Waals surface area (Å²) in [4.78, 5) is 12.6. The van der Waals surface area contributed by atoms with Crippen LogP contribution in [0.1, 0.15) is 16.9 Å². The molecule has 1 amide bonds. The molecule has 1 aromatic heterocycles. The van der Waals surface area contributed by atoms with Crippen LogP contribution < -0.4 is 9.62 Å². The van der Waals surface area contributed by atoms with Crippen molar-refractivity contribution < 1.29 is 17.6 Å². The molecule has 1 N–H and O–H groups in total. The molecule has 1 heterocycles. The van der Waals surface area contributed by atoms with E-state index < -0.39 is 15.9 Å². The highest BCUT2D eigenvalue weighted by atomic mass is 32.2. The van der Waals surface area contributed by atoms with Gasteiger partial charge in [0.25, 0.3) is 10.0 Å². The third kappa shape index (κ3) is 4.61. The van der Waals surface area contributed by atoms with E-state index in [1.54, 1.807) is 48.5 Å². The molecule has 0 aliphatic heterocycles. The first-order valence-corrected chi connectivity index (χ1v) is 10.3. The summed E-state index contributed by atoms with van der Waals surface area (Å²) in [5.74, 6) is 0.171. The molecule has 0 saturated carbocycles. The molecule has 0 atom stereocenters. The number of anilines is 1. The van der Waals surface area contributed by atoms with Crippen LogP contribution in [0.15, 0.2) is 76.2 Å². The molecule has 146 valence electrons. The van der Waals surface area contributed by atoms with Crippen LogP contribution in [0.5, 0.6) is 0 Å². The molecule has 3 rings (SSSR count). The summed E-state index contributed by atoms with van der Waals surface area (Å²) in [5, 5.41) is 2.69. The molecule has 0 fully saturated rings. The Balaban J connectivity index is 1.87. The lowest BCUT2D eigenvalue weighted by molar-refractivity contribution is -0.119. The van der Waals surface area contributed by atoms with Crippen molar-refractivity contribution in [1.29, 1.82) is 0 Å². The van der Waals surface area contributed by atoms with Crippen molar-refractivity contribution in [2.45, 2.75) is 25.3 Å². The van der Waals surface area contributed by atoms with Gasteiger partial charge in [0, 0.05) is 0 Å². The van der Waals surface area contributed by atoms with E-state index in [-0.39, 0.29) is 18.0 Å². The fourth-order valence-corrected chi connectivity index (χ4v) is 4.07. The number of nitrogens with zero attached hydrogens (tertiary/aromatic N) is 1. The van der Waals surface area contributed by atoms with Gasteiger partial charge in [0.15, 0.2) is 0 Å². The van der Waals surface area contributed by atoms with Crippen molar-refractivity contribution >= 4 is 21.6 Å². The van der Waals surface area contributed by atoms with Gasteiger partial charge in [-0.25, -0.2) is 8.42 Å². The average Bonchev–Trinajstić information content (AvgIpc) is 3.19. The summed E-state index contributed by atoms with van der Waals surface area (Å²) in [6, 6.07) is 17.0. The molecule has 0 unspecified atom stereocenters. The number of nitrogens with one attached hydrogen (secondary N) is 1. The summed E-state index contributed by atoms with van der Waals surface area (Å²) >= 11 is 0. The zero-order valence-corrected chi connectivity index (χ0v) is 16.6. The predicted molar refractivity (Wildman–Crippen MR) is 107 cm³/mol. The van der Waals surface area contributed by atoms with Crippen molar-refractivity contribution in [1.82, 2.24) is 5.32 Å². The molecule has 6 nitrogen and oxygen atoms in total. The van der Waals surface area contributed by atoms with Crippen LogP contribution in [0.3, 0.4) is 0 Å². The van der Waals surface area contributed by atoms with E-state index in [4.69, 9.17) is 4.42 Å². The van der Waals surface area contributed by atoms with E-state index in [2.05, 4.69) is 5.32 Å². The molecule has 0 bridgehead atoms. The highest BCUT2D eigenvalue weighted by Crippen LogP contribution is 2.24. The quantitative estimate of drug-likeness (QED) is 0.661. The molecule has 0 aliphatic rings. The minimum Gasteiger partial charge on any atom is -0.467 e. The standard InChI is InChI=1S/C21H22N2O4S/c1-16-5-9-18(10-6-16)23(15-21(24)22-14-19-4-3-13-27-19)28(25,26)20-11-7-17(2)8-12-20/h3-13H,14-15H2,1-2H3,(H,22,24). The lowest BCUT2D eigenvalue weighted by Crippen LogP contribution is -2.40. The zero-order valence-electron chi connectivity index (χ0n) is 15.8. The minimum absolute atomic E-state index is 0.137. The molecular formula is C21H22N2O4S. The Kier molecular flexibility index (Phi) is 5.84. The second-order valence-corrected chi connectivity index (χ2v) is 8.38. The molecule has 7 heteroatoms. The van der Waals surface area contributed by atoms with Crippen LogP contribution in [-0.2, 0) is 21.4 Å². The average molecular weight is 398 g/mol. The second kappa shape index (κ2) is 8.31. The van der Waals surface area contributed by atoms with Crippen LogP contribution in [0.2, 0.25) is 0 Å². The Bertz CT molecular complexity index is 1030. The number of aryl methyl sites for hydroxylation is 2. The maximum atomic E-state index is 13.2. The third-order valence-electron chi connectivity index (χ3n) is 4.26. The molecule has 0 saturated heterocycles. The summed E-state index contributed by atoms with van der Waals surface area (Å²) in [6.45, 7) is 3.66. The molecule has 2 aromatic carbocycles. The van der Waals surface area contributed by atoms with Gasteiger partial charge in [-0.05, 0) is 50.2 Å². The highest BCUT2D eigenvalue weighted by molar-refractivity contribution is 7.92. The van der Waals surface area contributed by atoms with E-state index >= 15 is 0 Å². The number of rotatable bonds is 7. The van der Waals surface area contributed by atoms with Gasteiger partial charge in [0.1, 0.15) is 12.3 Å². The monoisotopic (exact) mass is 398 g/mol. The van der Waals surface area contributed by atoms with Crippen LogP contribution in [0.4, 0.5) is 5.69 Å². The topological polar surface area (TPSA) is 79.6 Å². The van der Waals surface area contributed by atoms with Gasteiger partial charge in [-0.2, -0.15) is 0 Å². The van der Waals surface area contributed by atoms with E-state index in [9.17, 15) is 13.2 Å². The smallest absolute Gasteiger partial charge is 0.264 e. The number of furan rings is 1. The third-order valence-corrected chi connectivity index (χ3v) is 6.05. The summed E-state index contributed by atoms with van der Waals surface area (Å²) in [6.07, 6.45) is 1.52. The van der Waals surface area contributed by atoms with E-state index in [0.717, 1.165) is 15.4 Å². The van der Waals surface area contributed by atoms with Gasteiger partial charge in [-0.15, -0.1) is 0 Å². The molecule has 0 radical (unpaired) electrons. The van der Waals surface area contributed by atoms with Crippen molar-refractivity contribution in [2.75, 3.05) is 10.8 Å². The van der Waals surface area contributed by atoms with Crippen molar-refractivity contribution in [3.63, 3.8) is 0 Å². The second-order valence-electron chi connectivity index (χ2n) is 6.52. The van der Waals surface area contributed by atoms with Crippen LogP contribution in [-0.4, -0.2) is 20.9 Å². The SMILES string of the molecule is Cc1ccc(N(CC(=O)NCc2ccco2)S(=O)(=O)c2ccc(C)cc2)cc1. The fraction of sp³-hybridized carbons (Fsp3) is 0.190. The van der Waals surface area contributed by atoms with Crippen LogP contribution in [0, 0.1) is 13.8 Å². The largest absolute Gasteiger partial charge is 0.467 e. The van der Waals surface area contributed by atoms with Gasteiger partial charge in [-0.3, -0.25) is 9.10 Å². The van der Waals surface area contributed by atoms with Crippen molar-refractivity contribution in [2.24, 2.45) is 0 Å². The lowest BCUT2D eigenvalue weighted by atomic mass is 10.2. The van der Waals surface area contributed by atoms with E-state index in [0.29, 0.717) is 11.4 Å². The first-order chi connectivity index (χ1) is 13.4. The first-order valence-electron chi connectivity index (χ1n) is 8.81. The Morgan fingerprint density at radius 3 is 2.14 bits per heavy atom. The Hall–Kier alpha value is -3.06. The maximum absolute atomic E-state index is 13.2. The highest BCUT2D eigenvalue weighted by Gasteiger charge is 2.27. The summed E-state index contributed by atoms with van der Waals surface area (Å²) in [7, 11) is -3.90. The molecule has 3 aromatic rings. The molecule has 0 spiro atoms. The predicted octanol–water partition coefficient (Wildman–Crippen LogP) is 3.41. The number of amides is 1. The number of carbonyl (C=O) groups excluding carboxylic acids is 1. The van der Waals surface area contributed by atoms with Gasteiger partial charge in [0.2, 0.25) is 5.91 Å². The summed E-state index contributed by atoms with van der Waals surface area (Å²) < 4.78 is 32.8.